The number of hydrogen-bond acceptors (Lipinski definition) is 5. The summed E-state index contributed by atoms with van der Waals surface area (Å²) in [5.74, 6) is 2.93. The molecule has 2 aliphatic rings. The van der Waals surface area contributed by atoms with Crippen molar-refractivity contribution < 1.29 is 23.7 Å². The van der Waals surface area contributed by atoms with E-state index in [9.17, 15) is 0 Å². The molecular formula is C19H20O5. The molecule has 0 fully saturated rings. The van der Waals surface area contributed by atoms with Crippen LogP contribution in [0.4, 0.5) is 0 Å². The van der Waals surface area contributed by atoms with Crippen LogP contribution in [0.1, 0.15) is 17.5 Å². The van der Waals surface area contributed by atoms with Gasteiger partial charge in [0.05, 0.1) is 27.8 Å². The molecule has 2 heterocycles. The van der Waals surface area contributed by atoms with Gasteiger partial charge in [0.1, 0.15) is 5.75 Å². The molecule has 0 saturated heterocycles. The van der Waals surface area contributed by atoms with E-state index < -0.39 is 5.79 Å². The summed E-state index contributed by atoms with van der Waals surface area (Å²) in [4.78, 5) is 0. The summed E-state index contributed by atoms with van der Waals surface area (Å²) in [6.07, 6.45) is 2.24. The van der Waals surface area contributed by atoms with Crippen LogP contribution in [0, 0.1) is 0 Å². The molecule has 1 spiro atoms. The number of hydrogen-bond donors (Lipinski definition) is 0. The Balaban J connectivity index is 1.74. The maximum atomic E-state index is 6.33. The predicted molar refractivity (Wildman–Crippen MR) is 88.6 cm³/mol. The number of para-hydroxylation sites is 1. The van der Waals surface area contributed by atoms with Gasteiger partial charge in [-0.3, -0.25) is 0 Å². The quantitative estimate of drug-likeness (QED) is 0.864. The van der Waals surface area contributed by atoms with Crippen LogP contribution >= 0.6 is 0 Å². The lowest BCUT2D eigenvalue weighted by Crippen LogP contribution is -2.44. The molecular weight excluding hydrogens is 308 g/mol. The van der Waals surface area contributed by atoms with Crippen molar-refractivity contribution in [3.05, 3.63) is 41.5 Å². The summed E-state index contributed by atoms with van der Waals surface area (Å²) in [7, 11) is 4.94. The fraction of sp³-hybridized carbons (Fsp3) is 0.368. The Labute approximate surface area is 141 Å². The molecule has 0 aliphatic carbocycles. The van der Waals surface area contributed by atoms with Gasteiger partial charge in [-0.05, 0) is 30.2 Å². The van der Waals surface area contributed by atoms with Gasteiger partial charge >= 0.3 is 0 Å². The number of aryl methyl sites for hydroxylation is 1. The molecule has 1 atom stereocenters. The first-order valence-electron chi connectivity index (χ1n) is 7.97. The van der Waals surface area contributed by atoms with Crippen molar-refractivity contribution in [1.29, 1.82) is 0 Å². The van der Waals surface area contributed by atoms with Crippen LogP contribution < -0.4 is 23.7 Å². The lowest BCUT2D eigenvalue weighted by Gasteiger charge is -2.35. The Morgan fingerprint density at radius 2 is 1.50 bits per heavy atom. The summed E-state index contributed by atoms with van der Waals surface area (Å²) in [6, 6.07) is 9.70. The first kappa shape index (κ1) is 15.0. The van der Waals surface area contributed by atoms with E-state index >= 15 is 0 Å². The van der Waals surface area contributed by atoms with Crippen molar-refractivity contribution >= 4 is 0 Å². The summed E-state index contributed by atoms with van der Waals surface area (Å²) in [6.45, 7) is 0. The number of ether oxygens (including phenoxy) is 5. The summed E-state index contributed by atoms with van der Waals surface area (Å²) < 4.78 is 29.0. The van der Waals surface area contributed by atoms with Crippen LogP contribution in [0.2, 0.25) is 0 Å². The molecule has 4 rings (SSSR count). The second kappa shape index (κ2) is 5.51. The van der Waals surface area contributed by atoms with Gasteiger partial charge in [0.25, 0.3) is 5.79 Å². The molecule has 0 N–H and O–H groups in total. The third-order valence-corrected chi connectivity index (χ3v) is 4.70. The maximum absolute atomic E-state index is 6.33. The van der Waals surface area contributed by atoms with Gasteiger partial charge in [-0.2, -0.15) is 0 Å². The first-order valence-corrected chi connectivity index (χ1v) is 7.97. The zero-order valence-corrected chi connectivity index (χ0v) is 14.0. The molecule has 0 bridgehead atoms. The lowest BCUT2D eigenvalue weighted by molar-refractivity contribution is -0.112. The maximum Gasteiger partial charge on any atom is 0.256 e. The zero-order valence-electron chi connectivity index (χ0n) is 14.0. The molecule has 2 aliphatic heterocycles. The minimum absolute atomic E-state index is 0.611. The van der Waals surface area contributed by atoms with Crippen molar-refractivity contribution in [2.45, 2.75) is 25.0 Å². The van der Waals surface area contributed by atoms with Crippen molar-refractivity contribution in [1.82, 2.24) is 0 Å². The number of methoxy groups -OCH3 is 3. The number of rotatable bonds is 3. The van der Waals surface area contributed by atoms with Gasteiger partial charge in [0.15, 0.2) is 23.0 Å². The molecule has 5 nitrogen and oxygen atoms in total. The smallest absolute Gasteiger partial charge is 0.256 e. The van der Waals surface area contributed by atoms with E-state index in [0.29, 0.717) is 17.9 Å². The molecule has 0 saturated carbocycles. The van der Waals surface area contributed by atoms with E-state index in [0.717, 1.165) is 41.2 Å². The van der Waals surface area contributed by atoms with Gasteiger partial charge in [-0.15, -0.1) is 0 Å². The Bertz CT molecular complexity index is 736. The molecule has 126 valence electrons. The van der Waals surface area contributed by atoms with Gasteiger partial charge < -0.3 is 23.7 Å². The van der Waals surface area contributed by atoms with E-state index in [1.54, 1.807) is 21.3 Å². The standard InChI is InChI=1S/C19H20O5/c1-20-14-7-8-16(22-3)18-13(14)11-19(24-18)10-9-12-5-4-6-15(21-2)17(12)23-19/h4-8H,9-11H2,1-3H3/t19-/m1/s1. The Kier molecular flexibility index (Phi) is 3.44. The first-order chi connectivity index (χ1) is 11.7. The third kappa shape index (κ3) is 2.15. The monoisotopic (exact) mass is 328 g/mol. The average molecular weight is 328 g/mol. The highest BCUT2D eigenvalue weighted by atomic mass is 16.7. The second-order valence-electron chi connectivity index (χ2n) is 6.02. The highest BCUT2D eigenvalue weighted by Crippen LogP contribution is 2.51. The number of fused-ring (bicyclic) bond motifs is 2. The highest BCUT2D eigenvalue weighted by molar-refractivity contribution is 5.58. The van der Waals surface area contributed by atoms with Crippen molar-refractivity contribution in [2.75, 3.05) is 21.3 Å². The Hall–Kier alpha value is -2.56. The van der Waals surface area contributed by atoms with E-state index in [1.165, 1.54) is 0 Å². The summed E-state index contributed by atoms with van der Waals surface area (Å²) in [5, 5.41) is 0. The predicted octanol–water partition coefficient (Wildman–Crippen LogP) is 3.37. The van der Waals surface area contributed by atoms with Crippen molar-refractivity contribution in [2.24, 2.45) is 0 Å². The third-order valence-electron chi connectivity index (χ3n) is 4.70. The van der Waals surface area contributed by atoms with E-state index in [2.05, 4.69) is 6.07 Å². The summed E-state index contributed by atoms with van der Waals surface area (Å²) in [5.41, 5.74) is 2.12. The minimum atomic E-state index is -0.744. The topological polar surface area (TPSA) is 46.2 Å². The van der Waals surface area contributed by atoms with Crippen molar-refractivity contribution in [3.63, 3.8) is 0 Å². The molecule has 0 radical (unpaired) electrons. The minimum Gasteiger partial charge on any atom is -0.496 e. The van der Waals surface area contributed by atoms with Gasteiger partial charge in [-0.1, -0.05) is 12.1 Å². The van der Waals surface area contributed by atoms with Gasteiger partial charge in [0, 0.05) is 12.0 Å². The normalized spacial score (nSPS) is 20.6. The van der Waals surface area contributed by atoms with Gasteiger partial charge in [0.2, 0.25) is 0 Å². The van der Waals surface area contributed by atoms with E-state index in [4.69, 9.17) is 23.7 Å². The largest absolute Gasteiger partial charge is 0.496 e. The van der Waals surface area contributed by atoms with Crippen LogP contribution in [-0.4, -0.2) is 27.1 Å². The average Bonchev–Trinajstić information content (AvgIpc) is 2.98. The molecule has 24 heavy (non-hydrogen) atoms. The lowest BCUT2D eigenvalue weighted by atomic mass is 9.95. The van der Waals surface area contributed by atoms with Crippen LogP contribution in [0.15, 0.2) is 30.3 Å². The molecule has 0 aromatic heterocycles. The molecule has 2 aromatic rings. The number of benzene rings is 2. The molecule has 2 aromatic carbocycles. The fourth-order valence-corrected chi connectivity index (χ4v) is 3.50. The summed E-state index contributed by atoms with van der Waals surface area (Å²) >= 11 is 0. The Morgan fingerprint density at radius 3 is 2.25 bits per heavy atom. The molecule has 0 unspecified atom stereocenters. The zero-order chi connectivity index (χ0) is 16.7. The van der Waals surface area contributed by atoms with Crippen LogP contribution in [0.3, 0.4) is 0 Å². The fourth-order valence-electron chi connectivity index (χ4n) is 3.50. The van der Waals surface area contributed by atoms with Crippen molar-refractivity contribution in [3.8, 4) is 28.7 Å². The highest BCUT2D eigenvalue weighted by Gasteiger charge is 2.47. The van der Waals surface area contributed by atoms with Gasteiger partial charge in [-0.25, -0.2) is 0 Å². The van der Waals surface area contributed by atoms with E-state index in [-0.39, 0.29) is 0 Å². The van der Waals surface area contributed by atoms with Crippen LogP contribution in [0.25, 0.3) is 0 Å². The molecule has 0 amide bonds. The second-order valence-corrected chi connectivity index (χ2v) is 6.02. The Morgan fingerprint density at radius 1 is 0.833 bits per heavy atom. The molecule has 5 heteroatoms. The SMILES string of the molecule is COc1ccc(OC)c2c1C[C@@]1(CCc3cccc(OC)c3O1)O2. The van der Waals surface area contributed by atoms with Crippen LogP contribution in [-0.2, 0) is 12.8 Å². The van der Waals surface area contributed by atoms with E-state index in [1.807, 2.05) is 24.3 Å². The van der Waals surface area contributed by atoms with Crippen LogP contribution in [0.5, 0.6) is 28.7 Å².